The van der Waals surface area contributed by atoms with Crippen LogP contribution in [0.5, 0.6) is 0 Å². The third kappa shape index (κ3) is 2.60. The van der Waals surface area contributed by atoms with Gasteiger partial charge in [-0.3, -0.25) is 19.7 Å². The highest BCUT2D eigenvalue weighted by atomic mass is 16.4. The van der Waals surface area contributed by atoms with Crippen molar-refractivity contribution in [1.82, 2.24) is 15.2 Å². The molecule has 0 aromatic carbocycles. The molecule has 1 aromatic rings. The Balaban J connectivity index is 2.31. The van der Waals surface area contributed by atoms with Crippen LogP contribution >= 0.6 is 0 Å². The number of carboxylic acids is 1. The first-order chi connectivity index (χ1) is 9.73. The number of aromatic carboxylic acids is 1. The highest BCUT2D eigenvalue weighted by molar-refractivity contribution is 6.08. The number of nitrogens with one attached hydrogen (secondary N) is 1. The van der Waals surface area contributed by atoms with Crippen molar-refractivity contribution in [2.75, 3.05) is 6.54 Å². The molecule has 0 bridgehead atoms. The summed E-state index contributed by atoms with van der Waals surface area (Å²) in [7, 11) is 0. The Hall–Kier alpha value is -2.77. The number of pyridine rings is 1. The maximum Gasteiger partial charge on any atom is 0.354 e. The lowest BCUT2D eigenvalue weighted by atomic mass is 9.97. The maximum absolute atomic E-state index is 12.4. The summed E-state index contributed by atoms with van der Waals surface area (Å²) < 4.78 is 0. The molecule has 2 rings (SSSR count). The van der Waals surface area contributed by atoms with Gasteiger partial charge in [0.15, 0.2) is 0 Å². The molecule has 8 nitrogen and oxygen atoms in total. The molecule has 3 amide bonds. The molecule has 1 aliphatic rings. The number of carbonyl (C=O) groups is 4. The summed E-state index contributed by atoms with van der Waals surface area (Å²) in [6.45, 7) is 2.79. The molecule has 2 N–H and O–H groups in total. The van der Waals surface area contributed by atoms with Gasteiger partial charge in [0, 0.05) is 6.20 Å². The quantitative estimate of drug-likeness (QED) is 0.720. The van der Waals surface area contributed by atoms with E-state index in [9.17, 15) is 19.2 Å². The van der Waals surface area contributed by atoms with Crippen LogP contribution in [0.4, 0.5) is 0 Å². The fourth-order valence-electron chi connectivity index (χ4n) is 1.91. The van der Waals surface area contributed by atoms with Crippen LogP contribution in [0.25, 0.3) is 0 Å². The first kappa shape index (κ1) is 14.6. The molecule has 2 heterocycles. The van der Waals surface area contributed by atoms with Gasteiger partial charge in [0.05, 0.1) is 5.56 Å². The minimum Gasteiger partial charge on any atom is -0.477 e. The Labute approximate surface area is 119 Å². The molecule has 0 unspecified atom stereocenters. The molecule has 8 heteroatoms. The van der Waals surface area contributed by atoms with Crippen LogP contribution in [0, 0.1) is 0 Å². The van der Waals surface area contributed by atoms with Crippen molar-refractivity contribution in [3.05, 3.63) is 29.6 Å². The van der Waals surface area contributed by atoms with Gasteiger partial charge < -0.3 is 10.0 Å². The number of imide groups is 1. The Morgan fingerprint density at radius 1 is 1.33 bits per heavy atom. The monoisotopic (exact) mass is 291 g/mol. The number of carboxylic acid groups (broad SMARTS) is 1. The maximum atomic E-state index is 12.4. The number of aromatic nitrogens is 1. The second kappa shape index (κ2) is 4.97. The van der Waals surface area contributed by atoms with Crippen LogP contribution in [0.3, 0.4) is 0 Å². The molecule has 0 spiro atoms. The van der Waals surface area contributed by atoms with Gasteiger partial charge in [-0.2, -0.15) is 0 Å². The molecule has 1 aromatic heterocycles. The van der Waals surface area contributed by atoms with Gasteiger partial charge in [-0.25, -0.2) is 9.78 Å². The Bertz CT molecular complexity index is 636. The lowest BCUT2D eigenvalue weighted by Gasteiger charge is -2.40. The van der Waals surface area contributed by atoms with Crippen molar-refractivity contribution in [2.24, 2.45) is 0 Å². The van der Waals surface area contributed by atoms with Crippen molar-refractivity contribution >= 4 is 23.7 Å². The topological polar surface area (TPSA) is 117 Å². The van der Waals surface area contributed by atoms with Crippen molar-refractivity contribution < 1.29 is 24.3 Å². The summed E-state index contributed by atoms with van der Waals surface area (Å²) in [4.78, 5) is 51.1. The lowest BCUT2D eigenvalue weighted by molar-refractivity contribution is -0.143. The molecule has 0 aliphatic carbocycles. The lowest BCUT2D eigenvalue weighted by Crippen LogP contribution is -2.65. The van der Waals surface area contributed by atoms with Gasteiger partial charge in [-0.15, -0.1) is 0 Å². The third-order valence-electron chi connectivity index (χ3n) is 3.26. The van der Waals surface area contributed by atoms with Crippen molar-refractivity contribution in [3.8, 4) is 0 Å². The smallest absolute Gasteiger partial charge is 0.354 e. The molecule has 0 saturated carbocycles. The number of amides is 3. The minimum atomic E-state index is -1.21. The van der Waals surface area contributed by atoms with Gasteiger partial charge in [0.25, 0.3) is 11.8 Å². The van der Waals surface area contributed by atoms with Crippen LogP contribution in [0.2, 0.25) is 0 Å². The number of carbonyl (C=O) groups excluding carboxylic acids is 3. The molecule has 1 saturated heterocycles. The Kier molecular flexibility index (Phi) is 3.46. The summed E-state index contributed by atoms with van der Waals surface area (Å²) in [5.74, 6) is -2.90. The van der Waals surface area contributed by atoms with E-state index in [0.717, 1.165) is 11.1 Å². The van der Waals surface area contributed by atoms with E-state index < -0.39 is 29.2 Å². The van der Waals surface area contributed by atoms with Crippen LogP contribution in [-0.2, 0) is 9.59 Å². The highest BCUT2D eigenvalue weighted by Crippen LogP contribution is 2.20. The van der Waals surface area contributed by atoms with E-state index >= 15 is 0 Å². The van der Waals surface area contributed by atoms with E-state index in [2.05, 4.69) is 10.3 Å². The van der Waals surface area contributed by atoms with Gasteiger partial charge in [0.2, 0.25) is 5.91 Å². The predicted octanol–water partition coefficient (Wildman–Crippen LogP) is -0.343. The van der Waals surface area contributed by atoms with E-state index in [1.807, 2.05) is 0 Å². The zero-order chi connectivity index (χ0) is 15.8. The normalized spacial score (nSPS) is 17.3. The summed E-state index contributed by atoms with van der Waals surface area (Å²) in [6.07, 6.45) is 1.11. The number of rotatable bonds is 2. The average Bonchev–Trinajstić information content (AvgIpc) is 2.42. The van der Waals surface area contributed by atoms with Gasteiger partial charge in [-0.05, 0) is 26.0 Å². The molecule has 110 valence electrons. The van der Waals surface area contributed by atoms with Crippen molar-refractivity contribution in [1.29, 1.82) is 0 Å². The minimum absolute atomic E-state index is 0.107. The van der Waals surface area contributed by atoms with Crippen LogP contribution in [0.1, 0.15) is 34.7 Å². The summed E-state index contributed by atoms with van der Waals surface area (Å²) in [6, 6.07) is 2.49. The van der Waals surface area contributed by atoms with E-state index in [0.29, 0.717) is 0 Å². The van der Waals surface area contributed by atoms with Gasteiger partial charge in [-0.1, -0.05) is 0 Å². The molecule has 21 heavy (non-hydrogen) atoms. The fraction of sp³-hybridized carbons (Fsp3) is 0.308. The highest BCUT2D eigenvalue weighted by Gasteiger charge is 2.43. The first-order valence-electron chi connectivity index (χ1n) is 6.09. The van der Waals surface area contributed by atoms with Crippen LogP contribution in [0.15, 0.2) is 18.3 Å². The molecular formula is C13H13N3O5. The SMILES string of the molecule is CC1(C)C(=O)NC(=O)CN1C(=O)c1ccc(C(=O)O)nc1. The number of hydrogen-bond acceptors (Lipinski definition) is 5. The van der Waals surface area contributed by atoms with Gasteiger partial charge >= 0.3 is 5.97 Å². The molecule has 0 atom stereocenters. The summed E-state index contributed by atoms with van der Waals surface area (Å²) in [5, 5.41) is 10.9. The van der Waals surface area contributed by atoms with E-state index in [1.54, 1.807) is 0 Å². The second-order valence-corrected chi connectivity index (χ2v) is 5.06. The first-order valence-corrected chi connectivity index (χ1v) is 6.09. The fourth-order valence-corrected chi connectivity index (χ4v) is 1.91. The van der Waals surface area contributed by atoms with E-state index in [-0.39, 0.29) is 17.8 Å². The molecule has 1 aliphatic heterocycles. The number of nitrogens with zero attached hydrogens (tertiary/aromatic N) is 2. The molecule has 0 radical (unpaired) electrons. The third-order valence-corrected chi connectivity index (χ3v) is 3.26. The second-order valence-electron chi connectivity index (χ2n) is 5.06. The zero-order valence-corrected chi connectivity index (χ0v) is 11.4. The predicted molar refractivity (Wildman–Crippen MR) is 69.5 cm³/mol. The van der Waals surface area contributed by atoms with Crippen molar-refractivity contribution in [3.63, 3.8) is 0 Å². The molecular weight excluding hydrogens is 278 g/mol. The molecule has 1 fully saturated rings. The number of piperazine rings is 1. The average molecular weight is 291 g/mol. The van der Waals surface area contributed by atoms with Crippen LogP contribution in [-0.4, -0.2) is 50.8 Å². The van der Waals surface area contributed by atoms with E-state index in [1.165, 1.54) is 26.0 Å². The number of hydrogen-bond donors (Lipinski definition) is 2. The van der Waals surface area contributed by atoms with Crippen LogP contribution < -0.4 is 5.32 Å². The van der Waals surface area contributed by atoms with Gasteiger partial charge in [0.1, 0.15) is 17.8 Å². The van der Waals surface area contributed by atoms with Crippen molar-refractivity contribution in [2.45, 2.75) is 19.4 Å². The Morgan fingerprint density at radius 3 is 2.52 bits per heavy atom. The largest absolute Gasteiger partial charge is 0.477 e. The standard InChI is InChI=1S/C13H13N3O5/c1-13(2)12(21)15-9(17)6-16(13)10(18)7-3-4-8(11(19)20)14-5-7/h3-5H,6H2,1-2H3,(H,19,20)(H,15,17,21). The van der Waals surface area contributed by atoms with E-state index in [4.69, 9.17) is 5.11 Å². The Morgan fingerprint density at radius 2 is 2.00 bits per heavy atom. The summed E-state index contributed by atoms with van der Waals surface area (Å²) >= 11 is 0. The zero-order valence-electron chi connectivity index (χ0n) is 11.4. The summed E-state index contributed by atoms with van der Waals surface area (Å²) in [5.41, 5.74) is -1.27.